The van der Waals surface area contributed by atoms with Crippen LogP contribution in [0.25, 0.3) is 0 Å². The molecule has 0 saturated carbocycles. The predicted molar refractivity (Wildman–Crippen MR) is 77.4 cm³/mol. The van der Waals surface area contributed by atoms with E-state index in [1.54, 1.807) is 0 Å². The summed E-state index contributed by atoms with van der Waals surface area (Å²) in [5, 5.41) is 9.41. The second-order valence-corrected chi connectivity index (χ2v) is 5.57. The summed E-state index contributed by atoms with van der Waals surface area (Å²) in [5.41, 5.74) is 3.29. The summed E-state index contributed by atoms with van der Waals surface area (Å²) in [6.07, 6.45) is -2.70. The maximum Gasteiger partial charge on any atom is 0.445 e. The zero-order valence-electron chi connectivity index (χ0n) is 11.8. The van der Waals surface area contributed by atoms with Crippen molar-refractivity contribution in [1.82, 2.24) is 10.2 Å². The van der Waals surface area contributed by atoms with E-state index in [1.807, 2.05) is 32.0 Å². The molecular weight excluding hydrogens is 299 g/mol. The summed E-state index contributed by atoms with van der Waals surface area (Å²) in [7, 11) is 0. The Kier molecular flexibility index (Phi) is 4.82. The van der Waals surface area contributed by atoms with Gasteiger partial charge in [0.1, 0.15) is 5.01 Å². The molecule has 21 heavy (non-hydrogen) atoms. The lowest BCUT2D eigenvalue weighted by molar-refractivity contribution is -0.138. The molecule has 0 spiro atoms. The highest BCUT2D eigenvalue weighted by atomic mass is 32.1. The van der Waals surface area contributed by atoms with Crippen LogP contribution >= 0.6 is 11.3 Å². The third kappa shape index (κ3) is 3.72. The number of nitrogens with one attached hydrogen (secondary N) is 1. The Hall–Kier alpha value is -1.63. The number of rotatable bonds is 5. The van der Waals surface area contributed by atoms with Crippen LogP contribution in [0.5, 0.6) is 0 Å². The van der Waals surface area contributed by atoms with Crippen LogP contribution in [-0.4, -0.2) is 10.2 Å². The van der Waals surface area contributed by atoms with E-state index in [2.05, 4.69) is 15.5 Å². The first-order chi connectivity index (χ1) is 9.95. The van der Waals surface area contributed by atoms with Gasteiger partial charge in [0, 0.05) is 5.69 Å². The van der Waals surface area contributed by atoms with Crippen molar-refractivity contribution in [2.75, 3.05) is 5.32 Å². The van der Waals surface area contributed by atoms with Crippen LogP contribution in [0.2, 0.25) is 0 Å². The van der Waals surface area contributed by atoms with Gasteiger partial charge < -0.3 is 5.32 Å². The molecule has 2 rings (SSSR count). The van der Waals surface area contributed by atoms with E-state index in [1.165, 1.54) is 0 Å². The number of aromatic nitrogens is 2. The van der Waals surface area contributed by atoms with Crippen molar-refractivity contribution in [2.24, 2.45) is 0 Å². The van der Waals surface area contributed by atoms with Gasteiger partial charge in [-0.15, -0.1) is 10.2 Å². The van der Waals surface area contributed by atoms with Crippen LogP contribution in [0.3, 0.4) is 0 Å². The van der Waals surface area contributed by atoms with Crippen LogP contribution in [0, 0.1) is 0 Å². The molecular formula is C14H16F3N3S. The summed E-state index contributed by atoms with van der Waals surface area (Å²) in [5.74, 6) is 0. The molecule has 0 atom stereocenters. The van der Waals surface area contributed by atoms with Crippen molar-refractivity contribution >= 4 is 17.0 Å². The first kappa shape index (κ1) is 15.8. The first-order valence-electron chi connectivity index (χ1n) is 6.69. The molecule has 1 N–H and O–H groups in total. The number of hydrogen-bond donors (Lipinski definition) is 1. The molecule has 1 aromatic heterocycles. The molecule has 0 amide bonds. The lowest BCUT2D eigenvalue weighted by atomic mass is 10.0. The molecule has 0 saturated heterocycles. The first-order valence-corrected chi connectivity index (χ1v) is 7.51. The fourth-order valence-corrected chi connectivity index (χ4v) is 2.72. The number of alkyl halides is 3. The zero-order chi connectivity index (χ0) is 15.5. The number of hydrogen-bond acceptors (Lipinski definition) is 4. The quantitative estimate of drug-likeness (QED) is 0.894. The van der Waals surface area contributed by atoms with Gasteiger partial charge in [-0.25, -0.2) is 0 Å². The SMILES string of the molecule is CCc1cccc(CC)c1NCc1nnc(C(F)(F)F)s1. The molecule has 0 aliphatic carbocycles. The number of nitrogens with zero attached hydrogens (tertiary/aromatic N) is 2. The van der Waals surface area contributed by atoms with Gasteiger partial charge in [0.15, 0.2) is 0 Å². The van der Waals surface area contributed by atoms with E-state index in [0.29, 0.717) is 16.3 Å². The monoisotopic (exact) mass is 315 g/mol. The molecule has 0 bridgehead atoms. The minimum atomic E-state index is -4.42. The maximum atomic E-state index is 12.5. The molecule has 0 aliphatic rings. The summed E-state index contributed by atoms with van der Waals surface area (Å²) in [4.78, 5) is 0. The van der Waals surface area contributed by atoms with Crippen LogP contribution < -0.4 is 5.32 Å². The Bertz CT molecular complexity index is 586. The average Bonchev–Trinajstić information content (AvgIpc) is 2.93. The maximum absolute atomic E-state index is 12.5. The van der Waals surface area contributed by atoms with Gasteiger partial charge in [-0.2, -0.15) is 13.2 Å². The van der Waals surface area contributed by atoms with Crippen molar-refractivity contribution in [3.05, 3.63) is 39.3 Å². The fraction of sp³-hybridized carbons (Fsp3) is 0.429. The lowest BCUT2D eigenvalue weighted by Gasteiger charge is -2.14. The van der Waals surface area contributed by atoms with E-state index < -0.39 is 11.2 Å². The topological polar surface area (TPSA) is 37.8 Å². The van der Waals surface area contributed by atoms with E-state index in [9.17, 15) is 13.2 Å². The normalized spacial score (nSPS) is 11.7. The van der Waals surface area contributed by atoms with Crippen molar-refractivity contribution in [3.8, 4) is 0 Å². The second kappa shape index (κ2) is 6.43. The van der Waals surface area contributed by atoms with Crippen molar-refractivity contribution in [3.63, 3.8) is 0 Å². The molecule has 2 aromatic rings. The smallest absolute Gasteiger partial charge is 0.378 e. The number of anilines is 1. The second-order valence-electron chi connectivity index (χ2n) is 4.51. The fourth-order valence-electron chi connectivity index (χ4n) is 2.07. The van der Waals surface area contributed by atoms with E-state index in [0.717, 1.165) is 29.7 Å². The van der Waals surface area contributed by atoms with Crippen LogP contribution in [0.1, 0.15) is 35.0 Å². The summed E-state index contributed by atoms with van der Waals surface area (Å²) in [6, 6.07) is 6.03. The lowest BCUT2D eigenvalue weighted by Crippen LogP contribution is -2.05. The number of para-hydroxylation sites is 1. The largest absolute Gasteiger partial charge is 0.445 e. The van der Waals surface area contributed by atoms with Gasteiger partial charge in [-0.3, -0.25) is 0 Å². The molecule has 0 aliphatic heterocycles. The van der Waals surface area contributed by atoms with Crippen LogP contribution in [-0.2, 0) is 25.6 Å². The van der Waals surface area contributed by atoms with Gasteiger partial charge in [-0.05, 0) is 24.0 Å². The highest BCUT2D eigenvalue weighted by Crippen LogP contribution is 2.32. The minimum Gasteiger partial charge on any atom is -0.378 e. The predicted octanol–water partition coefficient (Wildman–Crippen LogP) is 4.29. The van der Waals surface area contributed by atoms with Crippen LogP contribution in [0.15, 0.2) is 18.2 Å². The van der Waals surface area contributed by atoms with Crippen LogP contribution in [0.4, 0.5) is 18.9 Å². The van der Waals surface area contributed by atoms with Gasteiger partial charge in [0.25, 0.3) is 0 Å². The highest BCUT2D eigenvalue weighted by molar-refractivity contribution is 7.11. The summed E-state index contributed by atoms with van der Waals surface area (Å²) < 4.78 is 37.5. The molecule has 7 heteroatoms. The third-order valence-electron chi connectivity index (χ3n) is 3.12. The molecule has 0 fully saturated rings. The molecule has 1 aromatic carbocycles. The van der Waals surface area contributed by atoms with Crippen molar-refractivity contribution < 1.29 is 13.2 Å². The molecule has 3 nitrogen and oxygen atoms in total. The van der Waals surface area contributed by atoms with Crippen molar-refractivity contribution in [2.45, 2.75) is 39.4 Å². The Balaban J connectivity index is 2.15. The van der Waals surface area contributed by atoms with Gasteiger partial charge >= 0.3 is 6.18 Å². The van der Waals surface area contributed by atoms with Gasteiger partial charge in [-0.1, -0.05) is 43.4 Å². The number of benzene rings is 1. The van der Waals surface area contributed by atoms with Gasteiger partial charge in [0.2, 0.25) is 5.01 Å². The number of halogens is 3. The Morgan fingerprint density at radius 1 is 1.10 bits per heavy atom. The van der Waals surface area contributed by atoms with E-state index in [-0.39, 0.29) is 6.54 Å². The Labute approximate surface area is 125 Å². The van der Waals surface area contributed by atoms with Crippen molar-refractivity contribution in [1.29, 1.82) is 0 Å². The van der Waals surface area contributed by atoms with E-state index in [4.69, 9.17) is 0 Å². The minimum absolute atomic E-state index is 0.248. The zero-order valence-corrected chi connectivity index (χ0v) is 12.6. The summed E-state index contributed by atoms with van der Waals surface area (Å²) >= 11 is 0.576. The Morgan fingerprint density at radius 3 is 2.19 bits per heavy atom. The molecule has 0 unspecified atom stereocenters. The summed E-state index contributed by atoms with van der Waals surface area (Å²) in [6.45, 7) is 4.34. The standard InChI is InChI=1S/C14H16F3N3S/c1-3-9-6-5-7-10(4-2)12(9)18-8-11-19-20-13(21-11)14(15,16)17/h5-7,18H,3-4,8H2,1-2H3. The van der Waals surface area contributed by atoms with Gasteiger partial charge in [0.05, 0.1) is 6.54 Å². The molecule has 1 heterocycles. The molecule has 0 radical (unpaired) electrons. The number of aryl methyl sites for hydroxylation is 2. The molecule has 114 valence electrons. The highest BCUT2D eigenvalue weighted by Gasteiger charge is 2.35. The average molecular weight is 315 g/mol. The van der Waals surface area contributed by atoms with E-state index >= 15 is 0 Å². The third-order valence-corrected chi connectivity index (χ3v) is 4.09. The Morgan fingerprint density at radius 2 is 1.71 bits per heavy atom.